The van der Waals surface area contributed by atoms with Gasteiger partial charge in [0.15, 0.2) is 0 Å². The molecule has 8 heteroatoms. The number of ether oxygens (including phenoxy) is 2. The largest absolute Gasteiger partial charge is 0.494 e. The molecule has 1 fully saturated rings. The molecule has 7 nitrogen and oxygen atoms in total. The first-order valence-electron chi connectivity index (χ1n) is 8.66. The van der Waals surface area contributed by atoms with Gasteiger partial charge < -0.3 is 9.47 Å². The lowest BCUT2D eigenvalue weighted by Crippen LogP contribution is -2.34. The van der Waals surface area contributed by atoms with Gasteiger partial charge in [-0.2, -0.15) is 0 Å². The summed E-state index contributed by atoms with van der Waals surface area (Å²) in [6, 6.07) is 13.7. The summed E-state index contributed by atoms with van der Waals surface area (Å²) in [5, 5.41) is 0. The molecule has 2 aromatic carbocycles. The number of nitrogens with one attached hydrogen (secondary N) is 1. The Morgan fingerprint density at radius 1 is 1.22 bits per heavy atom. The fourth-order valence-corrected chi connectivity index (χ4v) is 3.87. The predicted molar refractivity (Wildman–Crippen MR) is 102 cm³/mol. The molecule has 1 heterocycles. The summed E-state index contributed by atoms with van der Waals surface area (Å²) in [6.45, 7) is 4.59. The molecule has 0 radical (unpaired) electrons. The minimum absolute atomic E-state index is 0.00357. The van der Waals surface area contributed by atoms with E-state index in [4.69, 9.17) is 9.47 Å². The molecule has 1 unspecified atom stereocenters. The number of rotatable bonds is 7. The van der Waals surface area contributed by atoms with Crippen LogP contribution in [0, 0.1) is 6.92 Å². The third kappa shape index (κ3) is 4.58. The number of aryl methyl sites for hydroxylation is 1. The monoisotopic (exact) mass is 390 g/mol. The van der Waals surface area contributed by atoms with E-state index in [1.54, 1.807) is 12.1 Å². The van der Waals surface area contributed by atoms with Crippen LogP contribution in [-0.4, -0.2) is 40.3 Å². The molecule has 0 bridgehead atoms. The van der Waals surface area contributed by atoms with E-state index in [1.165, 1.54) is 17.0 Å². The maximum absolute atomic E-state index is 12.4. The van der Waals surface area contributed by atoms with Crippen molar-refractivity contribution in [1.82, 2.24) is 4.72 Å². The highest BCUT2D eigenvalue weighted by Crippen LogP contribution is 2.22. The van der Waals surface area contributed by atoms with E-state index < -0.39 is 22.2 Å². The molecule has 3 rings (SSSR count). The average Bonchev–Trinajstić information content (AvgIpc) is 3.02. The molecule has 0 spiro atoms. The number of carbonyl (C=O) groups excluding carboxylic acids is 1. The minimum atomic E-state index is -3.70. The van der Waals surface area contributed by atoms with Gasteiger partial charge in [0.05, 0.1) is 18.0 Å². The van der Waals surface area contributed by atoms with Gasteiger partial charge in [-0.25, -0.2) is 17.9 Å². The van der Waals surface area contributed by atoms with E-state index in [9.17, 15) is 13.2 Å². The molecule has 2 aromatic rings. The van der Waals surface area contributed by atoms with Gasteiger partial charge in [0.2, 0.25) is 10.0 Å². The van der Waals surface area contributed by atoms with E-state index in [0.29, 0.717) is 12.4 Å². The summed E-state index contributed by atoms with van der Waals surface area (Å²) in [4.78, 5) is 13.7. The molecule has 1 amide bonds. The standard InChI is InChI=1S/C19H22N2O5S/c1-3-25-16-7-9-18(10-8-16)27(23,24)20-12-17-13-21(19(22)26-17)15-6-4-5-14(2)11-15/h4-11,17,20H,3,12-13H2,1-2H3. The Bertz CT molecular complexity index is 912. The number of sulfonamides is 1. The smallest absolute Gasteiger partial charge is 0.414 e. The lowest BCUT2D eigenvalue weighted by atomic mass is 10.2. The average molecular weight is 390 g/mol. The molecular weight excluding hydrogens is 368 g/mol. The normalized spacial score (nSPS) is 17.0. The first-order chi connectivity index (χ1) is 12.9. The second kappa shape index (κ2) is 7.98. The Labute approximate surface area is 158 Å². The molecule has 1 aliphatic rings. The Balaban J connectivity index is 1.62. The summed E-state index contributed by atoms with van der Waals surface area (Å²) < 4.78 is 38.0. The van der Waals surface area contributed by atoms with Gasteiger partial charge in [-0.15, -0.1) is 0 Å². The lowest BCUT2D eigenvalue weighted by molar-refractivity contribution is 0.143. The van der Waals surface area contributed by atoms with Gasteiger partial charge in [-0.3, -0.25) is 4.90 Å². The van der Waals surface area contributed by atoms with E-state index >= 15 is 0 Å². The first kappa shape index (κ1) is 19.2. The summed E-state index contributed by atoms with van der Waals surface area (Å²) in [7, 11) is -3.70. The van der Waals surface area contributed by atoms with Crippen molar-refractivity contribution in [3.8, 4) is 5.75 Å². The van der Waals surface area contributed by atoms with Crippen molar-refractivity contribution in [2.45, 2.75) is 24.8 Å². The number of carbonyl (C=O) groups is 1. The van der Waals surface area contributed by atoms with E-state index in [1.807, 2.05) is 38.1 Å². The fourth-order valence-electron chi connectivity index (χ4n) is 2.80. The lowest BCUT2D eigenvalue weighted by Gasteiger charge is -2.14. The van der Waals surface area contributed by atoms with Crippen LogP contribution in [0.1, 0.15) is 12.5 Å². The molecule has 144 valence electrons. The summed E-state index contributed by atoms with van der Waals surface area (Å²) >= 11 is 0. The number of hydrogen-bond acceptors (Lipinski definition) is 5. The SMILES string of the molecule is CCOc1ccc(S(=O)(=O)NCC2CN(c3cccc(C)c3)C(=O)O2)cc1. The van der Waals surface area contributed by atoms with Crippen LogP contribution in [0.2, 0.25) is 0 Å². The van der Waals surface area contributed by atoms with Crippen LogP contribution in [0.15, 0.2) is 53.4 Å². The van der Waals surface area contributed by atoms with Crippen molar-refractivity contribution >= 4 is 21.8 Å². The van der Waals surface area contributed by atoms with Crippen molar-refractivity contribution in [1.29, 1.82) is 0 Å². The van der Waals surface area contributed by atoms with Crippen molar-refractivity contribution in [2.24, 2.45) is 0 Å². The Morgan fingerprint density at radius 3 is 2.63 bits per heavy atom. The highest BCUT2D eigenvalue weighted by atomic mass is 32.2. The van der Waals surface area contributed by atoms with Crippen LogP contribution in [0.4, 0.5) is 10.5 Å². The van der Waals surface area contributed by atoms with Gasteiger partial charge in [-0.1, -0.05) is 12.1 Å². The summed E-state index contributed by atoms with van der Waals surface area (Å²) in [5.41, 5.74) is 1.76. The van der Waals surface area contributed by atoms with Crippen LogP contribution in [0.5, 0.6) is 5.75 Å². The number of nitrogens with zero attached hydrogens (tertiary/aromatic N) is 1. The zero-order valence-electron chi connectivity index (χ0n) is 15.2. The first-order valence-corrected chi connectivity index (χ1v) is 10.1. The van der Waals surface area contributed by atoms with E-state index in [0.717, 1.165) is 11.3 Å². The summed E-state index contributed by atoms with van der Waals surface area (Å²) in [5.74, 6) is 0.606. The maximum atomic E-state index is 12.4. The van der Waals surface area contributed by atoms with Crippen LogP contribution in [0.25, 0.3) is 0 Å². The maximum Gasteiger partial charge on any atom is 0.414 e. The van der Waals surface area contributed by atoms with E-state index in [-0.39, 0.29) is 18.0 Å². The third-order valence-electron chi connectivity index (χ3n) is 4.13. The van der Waals surface area contributed by atoms with Crippen molar-refractivity contribution in [3.05, 3.63) is 54.1 Å². The molecule has 27 heavy (non-hydrogen) atoms. The van der Waals surface area contributed by atoms with Crippen LogP contribution in [0.3, 0.4) is 0 Å². The molecule has 0 aromatic heterocycles. The predicted octanol–water partition coefficient (Wildman–Crippen LogP) is 2.70. The van der Waals surface area contributed by atoms with Gasteiger partial charge in [0, 0.05) is 12.2 Å². The number of hydrogen-bond donors (Lipinski definition) is 1. The quantitative estimate of drug-likeness (QED) is 0.786. The number of amides is 1. The Morgan fingerprint density at radius 2 is 1.96 bits per heavy atom. The Kier molecular flexibility index (Phi) is 5.67. The zero-order chi connectivity index (χ0) is 19.4. The number of benzene rings is 2. The second-order valence-electron chi connectivity index (χ2n) is 6.21. The highest BCUT2D eigenvalue weighted by Gasteiger charge is 2.33. The molecule has 0 aliphatic carbocycles. The number of cyclic esters (lactones) is 1. The van der Waals surface area contributed by atoms with Crippen LogP contribution < -0.4 is 14.4 Å². The summed E-state index contributed by atoms with van der Waals surface area (Å²) in [6.07, 6.45) is -1.04. The zero-order valence-corrected chi connectivity index (χ0v) is 16.0. The third-order valence-corrected chi connectivity index (χ3v) is 5.57. The van der Waals surface area contributed by atoms with Crippen LogP contribution in [-0.2, 0) is 14.8 Å². The Hall–Kier alpha value is -2.58. The van der Waals surface area contributed by atoms with Gasteiger partial charge in [-0.05, 0) is 55.8 Å². The van der Waals surface area contributed by atoms with Gasteiger partial charge >= 0.3 is 6.09 Å². The van der Waals surface area contributed by atoms with Crippen molar-refractivity contribution in [2.75, 3.05) is 24.6 Å². The van der Waals surface area contributed by atoms with Crippen molar-refractivity contribution in [3.63, 3.8) is 0 Å². The number of anilines is 1. The molecule has 1 N–H and O–H groups in total. The molecule has 1 aliphatic heterocycles. The van der Waals surface area contributed by atoms with Crippen molar-refractivity contribution < 1.29 is 22.7 Å². The topological polar surface area (TPSA) is 84.9 Å². The van der Waals surface area contributed by atoms with E-state index in [2.05, 4.69) is 4.72 Å². The van der Waals surface area contributed by atoms with Crippen LogP contribution >= 0.6 is 0 Å². The fraction of sp³-hybridized carbons (Fsp3) is 0.316. The van der Waals surface area contributed by atoms with Gasteiger partial charge in [0.1, 0.15) is 11.9 Å². The molecule has 1 atom stereocenters. The highest BCUT2D eigenvalue weighted by molar-refractivity contribution is 7.89. The molecular formula is C19H22N2O5S. The minimum Gasteiger partial charge on any atom is -0.494 e. The van der Waals surface area contributed by atoms with Gasteiger partial charge in [0.25, 0.3) is 0 Å². The second-order valence-corrected chi connectivity index (χ2v) is 7.98. The molecule has 1 saturated heterocycles. The molecule has 0 saturated carbocycles.